The smallest absolute Gasteiger partial charge is 0.0217 e. The molecular weight excluding hydrogens is 170 g/mol. The Morgan fingerprint density at radius 3 is 2.50 bits per heavy atom. The lowest BCUT2D eigenvalue weighted by Gasteiger charge is -1.98. The van der Waals surface area contributed by atoms with Gasteiger partial charge in [-0.1, -0.05) is 37.3 Å². The maximum atomic E-state index is 2.24. The van der Waals surface area contributed by atoms with Crippen LogP contribution >= 0.6 is 0 Å². The van der Waals surface area contributed by atoms with Crippen LogP contribution in [0, 0.1) is 0 Å². The van der Waals surface area contributed by atoms with E-state index in [1.54, 1.807) is 0 Å². The zero-order chi connectivity index (χ0) is 9.80. The number of aromatic nitrogens is 1. The van der Waals surface area contributed by atoms with Crippen LogP contribution < -0.4 is 0 Å². The maximum Gasteiger partial charge on any atom is 0.0217 e. The summed E-state index contributed by atoms with van der Waals surface area (Å²) in [6.45, 7) is 3.30. The van der Waals surface area contributed by atoms with Crippen LogP contribution in [0.25, 0.3) is 11.1 Å². The van der Waals surface area contributed by atoms with Gasteiger partial charge in [0.05, 0.1) is 0 Å². The average Bonchev–Trinajstić information content (AvgIpc) is 2.68. The Morgan fingerprint density at radius 1 is 1.00 bits per heavy atom. The number of nitrogens with zero attached hydrogens (tertiary/aromatic N) is 1. The molecule has 0 saturated carbocycles. The molecule has 0 amide bonds. The van der Waals surface area contributed by atoms with Gasteiger partial charge in [-0.15, -0.1) is 0 Å². The van der Waals surface area contributed by atoms with E-state index in [2.05, 4.69) is 54.2 Å². The molecule has 1 aromatic carbocycles. The van der Waals surface area contributed by atoms with Gasteiger partial charge in [0.25, 0.3) is 0 Å². The largest absolute Gasteiger partial charge is 0.354 e. The molecule has 0 atom stereocenters. The van der Waals surface area contributed by atoms with E-state index in [-0.39, 0.29) is 0 Å². The van der Waals surface area contributed by atoms with Gasteiger partial charge in [0, 0.05) is 18.9 Å². The summed E-state index contributed by atoms with van der Waals surface area (Å²) in [5.41, 5.74) is 2.60. The highest BCUT2D eigenvalue weighted by atomic mass is 14.9. The molecule has 1 nitrogen and oxygen atoms in total. The van der Waals surface area contributed by atoms with Gasteiger partial charge in [-0.05, 0) is 23.6 Å². The molecule has 1 heteroatoms. The molecule has 0 radical (unpaired) electrons. The minimum Gasteiger partial charge on any atom is -0.354 e. The molecule has 1 heterocycles. The summed E-state index contributed by atoms with van der Waals surface area (Å²) in [5, 5.41) is 0. The van der Waals surface area contributed by atoms with Crippen molar-refractivity contribution in [2.45, 2.75) is 19.9 Å². The van der Waals surface area contributed by atoms with Crippen LogP contribution in [0.3, 0.4) is 0 Å². The summed E-state index contributed by atoms with van der Waals surface area (Å²) in [7, 11) is 0. The van der Waals surface area contributed by atoms with E-state index in [4.69, 9.17) is 0 Å². The Hall–Kier alpha value is -1.50. The lowest BCUT2D eigenvalue weighted by molar-refractivity contribution is 0.684. The minimum atomic E-state index is 1.10. The van der Waals surface area contributed by atoms with Crippen LogP contribution in [0.1, 0.15) is 13.3 Å². The predicted octanol–water partition coefficient (Wildman–Crippen LogP) is 3.57. The van der Waals surface area contributed by atoms with Crippen molar-refractivity contribution in [2.24, 2.45) is 0 Å². The lowest BCUT2D eigenvalue weighted by Crippen LogP contribution is -1.90. The molecule has 14 heavy (non-hydrogen) atoms. The van der Waals surface area contributed by atoms with E-state index in [0.29, 0.717) is 0 Å². The molecule has 0 unspecified atom stereocenters. The second-order valence-electron chi connectivity index (χ2n) is 3.50. The van der Waals surface area contributed by atoms with Crippen molar-refractivity contribution in [3.63, 3.8) is 0 Å². The highest BCUT2D eigenvalue weighted by molar-refractivity contribution is 5.62. The van der Waals surface area contributed by atoms with Gasteiger partial charge in [-0.25, -0.2) is 0 Å². The average molecular weight is 185 g/mol. The van der Waals surface area contributed by atoms with Crippen molar-refractivity contribution in [3.05, 3.63) is 48.8 Å². The van der Waals surface area contributed by atoms with Crippen molar-refractivity contribution < 1.29 is 0 Å². The van der Waals surface area contributed by atoms with Gasteiger partial charge in [0.2, 0.25) is 0 Å². The predicted molar refractivity (Wildman–Crippen MR) is 60.2 cm³/mol. The first-order valence-electron chi connectivity index (χ1n) is 5.11. The van der Waals surface area contributed by atoms with E-state index in [0.717, 1.165) is 6.54 Å². The van der Waals surface area contributed by atoms with Crippen LogP contribution in [0.4, 0.5) is 0 Å². The number of benzene rings is 1. The fraction of sp³-hybridized carbons (Fsp3) is 0.231. The second kappa shape index (κ2) is 4.14. The molecule has 0 fully saturated rings. The van der Waals surface area contributed by atoms with Crippen LogP contribution in [0.2, 0.25) is 0 Å². The summed E-state index contributed by atoms with van der Waals surface area (Å²) in [5.74, 6) is 0. The zero-order valence-electron chi connectivity index (χ0n) is 8.48. The van der Waals surface area contributed by atoms with Gasteiger partial charge < -0.3 is 4.57 Å². The number of hydrogen-bond donors (Lipinski definition) is 0. The molecule has 0 saturated heterocycles. The van der Waals surface area contributed by atoms with E-state index in [1.165, 1.54) is 17.5 Å². The molecule has 0 aliphatic carbocycles. The summed E-state index contributed by atoms with van der Waals surface area (Å²) < 4.78 is 2.24. The third-order valence-corrected chi connectivity index (χ3v) is 2.34. The van der Waals surface area contributed by atoms with Crippen LogP contribution in [-0.4, -0.2) is 4.57 Å². The van der Waals surface area contributed by atoms with Crippen LogP contribution in [0.15, 0.2) is 48.8 Å². The molecule has 0 aliphatic rings. The molecular formula is C13H15N. The zero-order valence-corrected chi connectivity index (χ0v) is 8.48. The summed E-state index contributed by atoms with van der Waals surface area (Å²) in [4.78, 5) is 0. The molecule has 2 rings (SSSR count). The molecule has 2 aromatic rings. The Labute approximate surface area is 85.0 Å². The third-order valence-electron chi connectivity index (χ3n) is 2.34. The first-order valence-corrected chi connectivity index (χ1v) is 5.11. The molecule has 0 spiro atoms. The summed E-state index contributed by atoms with van der Waals surface area (Å²) in [6.07, 6.45) is 5.54. The van der Waals surface area contributed by atoms with E-state index in [9.17, 15) is 0 Å². The summed E-state index contributed by atoms with van der Waals surface area (Å²) >= 11 is 0. The van der Waals surface area contributed by atoms with Gasteiger partial charge in [0.1, 0.15) is 0 Å². The maximum absolute atomic E-state index is 2.24. The van der Waals surface area contributed by atoms with Crippen molar-refractivity contribution in [2.75, 3.05) is 0 Å². The van der Waals surface area contributed by atoms with Crippen molar-refractivity contribution >= 4 is 0 Å². The Morgan fingerprint density at radius 2 is 1.79 bits per heavy atom. The van der Waals surface area contributed by atoms with E-state index >= 15 is 0 Å². The SMILES string of the molecule is CCCn1ccc(-c2ccccc2)c1. The molecule has 0 aliphatic heterocycles. The molecule has 1 aromatic heterocycles. The topological polar surface area (TPSA) is 4.93 Å². The van der Waals surface area contributed by atoms with Gasteiger partial charge in [-0.3, -0.25) is 0 Å². The van der Waals surface area contributed by atoms with Crippen LogP contribution in [0.5, 0.6) is 0 Å². The Bertz CT molecular complexity index is 387. The molecule has 0 bridgehead atoms. The highest BCUT2D eigenvalue weighted by Gasteiger charge is 1.97. The van der Waals surface area contributed by atoms with Crippen molar-refractivity contribution in [3.8, 4) is 11.1 Å². The first-order chi connectivity index (χ1) is 6.90. The highest BCUT2D eigenvalue weighted by Crippen LogP contribution is 2.18. The van der Waals surface area contributed by atoms with Gasteiger partial charge >= 0.3 is 0 Å². The first kappa shape index (κ1) is 9.07. The monoisotopic (exact) mass is 185 g/mol. The lowest BCUT2D eigenvalue weighted by atomic mass is 10.1. The van der Waals surface area contributed by atoms with E-state index in [1.807, 2.05) is 6.07 Å². The number of aryl methyl sites for hydroxylation is 1. The quantitative estimate of drug-likeness (QED) is 0.689. The summed E-state index contributed by atoms with van der Waals surface area (Å²) in [6, 6.07) is 12.7. The van der Waals surface area contributed by atoms with E-state index < -0.39 is 0 Å². The minimum absolute atomic E-state index is 1.10. The Kier molecular flexibility index (Phi) is 2.68. The standard InChI is InChI=1S/C13H15N/c1-2-9-14-10-8-13(11-14)12-6-4-3-5-7-12/h3-8,10-11H,2,9H2,1H3. The Balaban J connectivity index is 2.25. The second-order valence-corrected chi connectivity index (χ2v) is 3.50. The third kappa shape index (κ3) is 1.87. The number of hydrogen-bond acceptors (Lipinski definition) is 0. The molecule has 0 N–H and O–H groups in total. The normalized spacial score (nSPS) is 10.4. The number of rotatable bonds is 3. The fourth-order valence-corrected chi connectivity index (χ4v) is 1.64. The fourth-order valence-electron chi connectivity index (χ4n) is 1.64. The van der Waals surface area contributed by atoms with Crippen molar-refractivity contribution in [1.29, 1.82) is 0 Å². The molecule has 72 valence electrons. The van der Waals surface area contributed by atoms with Gasteiger partial charge in [-0.2, -0.15) is 0 Å². The van der Waals surface area contributed by atoms with Crippen LogP contribution in [-0.2, 0) is 6.54 Å². The van der Waals surface area contributed by atoms with Crippen molar-refractivity contribution in [1.82, 2.24) is 4.57 Å². The van der Waals surface area contributed by atoms with Gasteiger partial charge in [0.15, 0.2) is 0 Å².